The van der Waals surface area contributed by atoms with E-state index in [1.807, 2.05) is 24.3 Å². The molecule has 0 saturated carbocycles. The van der Waals surface area contributed by atoms with Gasteiger partial charge < -0.3 is 10.5 Å². The summed E-state index contributed by atoms with van der Waals surface area (Å²) in [7, 11) is 0. The maximum atomic E-state index is 5.54. The van der Waals surface area contributed by atoms with Crippen molar-refractivity contribution < 1.29 is 4.74 Å². The highest BCUT2D eigenvalue weighted by molar-refractivity contribution is 9.12. The van der Waals surface area contributed by atoms with E-state index >= 15 is 0 Å². The largest absolute Gasteiger partial charge is 0.492 e. The van der Waals surface area contributed by atoms with E-state index in [4.69, 9.17) is 10.5 Å². The van der Waals surface area contributed by atoms with Gasteiger partial charge in [-0.15, -0.1) is 12.4 Å². The van der Waals surface area contributed by atoms with Crippen molar-refractivity contribution in [3.63, 3.8) is 0 Å². The number of ether oxygens (including phenoxy) is 1. The van der Waals surface area contributed by atoms with Crippen molar-refractivity contribution in [3.05, 3.63) is 24.3 Å². The second-order valence-corrected chi connectivity index (χ2v) is 4.57. The van der Waals surface area contributed by atoms with Gasteiger partial charge in [-0.1, -0.05) is 31.9 Å². The molecule has 0 aliphatic heterocycles. The number of halogens is 3. The fourth-order valence-electron chi connectivity index (χ4n) is 0.795. The molecule has 1 aromatic carbocycles. The summed E-state index contributed by atoms with van der Waals surface area (Å²) < 4.78 is 5.48. The quantitative estimate of drug-likeness (QED) is 0.672. The zero-order valence-electron chi connectivity index (χ0n) is 7.45. The average molecular weight is 345 g/mol. The predicted octanol–water partition coefficient (Wildman–Crippen LogP) is 3.23. The van der Waals surface area contributed by atoms with Crippen molar-refractivity contribution in [3.8, 4) is 5.75 Å². The molecule has 0 fully saturated rings. The Morgan fingerprint density at radius 2 is 1.86 bits per heavy atom. The summed E-state index contributed by atoms with van der Waals surface area (Å²) in [4.78, 5) is 0.338. The van der Waals surface area contributed by atoms with Crippen molar-refractivity contribution in [1.82, 2.24) is 0 Å². The van der Waals surface area contributed by atoms with Crippen LogP contribution in [0, 0.1) is 0 Å². The minimum Gasteiger partial charge on any atom is -0.492 e. The molecule has 0 aliphatic rings. The molecule has 1 aromatic rings. The number of nitrogen functional groups attached to an aromatic ring is 1. The Morgan fingerprint density at radius 1 is 1.29 bits per heavy atom. The molecule has 0 saturated heterocycles. The van der Waals surface area contributed by atoms with Gasteiger partial charge in [0, 0.05) is 11.0 Å². The zero-order valence-corrected chi connectivity index (χ0v) is 11.4. The van der Waals surface area contributed by atoms with Crippen LogP contribution in [-0.4, -0.2) is 16.8 Å². The molecule has 2 nitrogen and oxygen atoms in total. The zero-order chi connectivity index (χ0) is 9.68. The lowest BCUT2D eigenvalue weighted by Gasteiger charge is -2.08. The molecule has 5 heteroatoms. The van der Waals surface area contributed by atoms with Crippen LogP contribution in [0.1, 0.15) is 0 Å². The summed E-state index contributed by atoms with van der Waals surface area (Å²) in [6.45, 7) is 0.648. The topological polar surface area (TPSA) is 35.2 Å². The number of nitrogens with two attached hydrogens (primary N) is 1. The van der Waals surface area contributed by atoms with Gasteiger partial charge in [0.2, 0.25) is 0 Å². The number of hydrogen-bond acceptors (Lipinski definition) is 2. The van der Waals surface area contributed by atoms with Gasteiger partial charge in [-0.05, 0) is 24.3 Å². The summed E-state index contributed by atoms with van der Waals surface area (Å²) in [5.41, 5.74) is 6.29. The Hall–Kier alpha value is 0.0700. The van der Waals surface area contributed by atoms with Gasteiger partial charge in [0.1, 0.15) is 12.4 Å². The van der Waals surface area contributed by atoms with Crippen molar-refractivity contribution in [1.29, 1.82) is 0 Å². The summed E-state index contributed by atoms with van der Waals surface area (Å²) in [5.74, 6) is 0.847. The number of anilines is 1. The molecule has 0 aromatic heterocycles. The molecule has 2 N–H and O–H groups in total. The van der Waals surface area contributed by atoms with E-state index in [2.05, 4.69) is 31.9 Å². The van der Waals surface area contributed by atoms with Gasteiger partial charge in [-0.2, -0.15) is 0 Å². The van der Waals surface area contributed by atoms with Crippen molar-refractivity contribution in [2.45, 2.75) is 4.83 Å². The van der Waals surface area contributed by atoms with Crippen LogP contribution in [0.3, 0.4) is 0 Å². The summed E-state index contributed by atoms with van der Waals surface area (Å²) in [6.07, 6.45) is 0. The van der Waals surface area contributed by atoms with Gasteiger partial charge >= 0.3 is 0 Å². The van der Waals surface area contributed by atoms with E-state index < -0.39 is 0 Å². The number of hydrogen-bond donors (Lipinski definition) is 1. The molecule has 1 rings (SSSR count). The maximum absolute atomic E-state index is 5.54. The molecule has 80 valence electrons. The second-order valence-electron chi connectivity index (χ2n) is 2.63. The molecular weight excluding hydrogens is 333 g/mol. The van der Waals surface area contributed by atoms with E-state index in [0.29, 0.717) is 11.4 Å². The molecule has 0 spiro atoms. The van der Waals surface area contributed by atoms with Crippen LogP contribution in [0.2, 0.25) is 0 Å². The minimum atomic E-state index is 0. The Bertz CT molecular complexity index is 255. The average Bonchev–Trinajstić information content (AvgIpc) is 2.16. The monoisotopic (exact) mass is 343 g/mol. The summed E-state index contributed by atoms with van der Waals surface area (Å²) in [5, 5.41) is 0.877. The molecule has 0 aliphatic carbocycles. The SMILES string of the molecule is Cl.Nc1ccc(OCC(Br)CBr)cc1. The fourth-order valence-corrected chi connectivity index (χ4v) is 1.11. The highest BCUT2D eigenvalue weighted by atomic mass is 79.9. The smallest absolute Gasteiger partial charge is 0.119 e. The van der Waals surface area contributed by atoms with Crippen LogP contribution in [0.15, 0.2) is 24.3 Å². The van der Waals surface area contributed by atoms with Crippen LogP contribution in [0.4, 0.5) is 5.69 Å². The summed E-state index contributed by atoms with van der Waals surface area (Å²) >= 11 is 6.81. The van der Waals surface area contributed by atoms with Crippen LogP contribution in [-0.2, 0) is 0 Å². The third kappa shape index (κ3) is 5.08. The molecule has 0 amide bonds. The lowest BCUT2D eigenvalue weighted by Crippen LogP contribution is -2.12. The first-order valence-electron chi connectivity index (χ1n) is 3.90. The second kappa shape index (κ2) is 7.37. The third-order valence-electron chi connectivity index (χ3n) is 1.48. The Kier molecular flexibility index (Phi) is 7.41. The Balaban J connectivity index is 0.00000169. The minimum absolute atomic E-state index is 0. The summed E-state index contributed by atoms with van der Waals surface area (Å²) in [6, 6.07) is 7.38. The van der Waals surface area contributed by atoms with Crippen LogP contribution in [0.25, 0.3) is 0 Å². The molecule has 1 unspecified atom stereocenters. The van der Waals surface area contributed by atoms with E-state index in [1.54, 1.807) is 0 Å². The standard InChI is InChI=1S/C9H11Br2NO.ClH/c10-5-7(11)6-13-9-3-1-8(12)2-4-9;/h1-4,7H,5-6,12H2;1H. The molecular formula is C9H12Br2ClNO. The highest BCUT2D eigenvalue weighted by Gasteiger charge is 2.02. The van der Waals surface area contributed by atoms with Gasteiger partial charge in [-0.25, -0.2) is 0 Å². The lowest BCUT2D eigenvalue weighted by molar-refractivity contribution is 0.325. The molecule has 0 bridgehead atoms. The molecule has 14 heavy (non-hydrogen) atoms. The van der Waals surface area contributed by atoms with Gasteiger partial charge in [0.15, 0.2) is 0 Å². The first kappa shape index (κ1) is 14.1. The van der Waals surface area contributed by atoms with E-state index in [9.17, 15) is 0 Å². The lowest BCUT2D eigenvalue weighted by atomic mass is 10.3. The number of rotatable bonds is 4. The van der Waals surface area contributed by atoms with E-state index in [-0.39, 0.29) is 12.4 Å². The Labute approximate surface area is 107 Å². The Morgan fingerprint density at radius 3 is 2.36 bits per heavy atom. The van der Waals surface area contributed by atoms with Gasteiger partial charge in [-0.3, -0.25) is 0 Å². The first-order valence-corrected chi connectivity index (χ1v) is 5.94. The van der Waals surface area contributed by atoms with Crippen LogP contribution in [0.5, 0.6) is 5.75 Å². The highest BCUT2D eigenvalue weighted by Crippen LogP contribution is 2.14. The van der Waals surface area contributed by atoms with Crippen molar-refractivity contribution >= 4 is 50.0 Å². The van der Waals surface area contributed by atoms with Gasteiger partial charge in [0.25, 0.3) is 0 Å². The van der Waals surface area contributed by atoms with E-state index in [1.165, 1.54) is 0 Å². The number of alkyl halides is 2. The third-order valence-corrected chi connectivity index (χ3v) is 3.72. The fraction of sp³-hybridized carbons (Fsp3) is 0.333. The van der Waals surface area contributed by atoms with Crippen LogP contribution >= 0.6 is 44.3 Å². The van der Waals surface area contributed by atoms with Crippen molar-refractivity contribution in [2.24, 2.45) is 0 Å². The van der Waals surface area contributed by atoms with Crippen LogP contribution < -0.4 is 10.5 Å². The first-order chi connectivity index (χ1) is 6.22. The van der Waals surface area contributed by atoms with E-state index in [0.717, 1.165) is 16.8 Å². The molecule has 0 radical (unpaired) electrons. The normalized spacial score (nSPS) is 11.6. The van der Waals surface area contributed by atoms with Gasteiger partial charge in [0.05, 0.1) is 4.83 Å². The molecule has 0 heterocycles. The maximum Gasteiger partial charge on any atom is 0.119 e. The predicted molar refractivity (Wildman–Crippen MR) is 70.1 cm³/mol. The van der Waals surface area contributed by atoms with Crippen molar-refractivity contribution in [2.75, 3.05) is 17.7 Å². The molecule has 1 atom stereocenters. The number of benzene rings is 1.